The molecule has 2 atom stereocenters. The molecule has 0 aliphatic heterocycles. The molecule has 1 aliphatic rings. The third-order valence-corrected chi connectivity index (χ3v) is 5.09. The number of carbonyl (C=O) groups excluding carboxylic acids is 2. The molecule has 2 N–H and O–H groups in total. The molecule has 2 rings (SSSR count). The number of aromatic nitrogens is 3. The Bertz CT molecular complexity index is 545. The number of urea groups is 1. The highest BCUT2D eigenvalue weighted by molar-refractivity contribution is 7.99. The van der Waals surface area contributed by atoms with Crippen molar-refractivity contribution in [2.75, 3.05) is 5.75 Å². The van der Waals surface area contributed by atoms with Gasteiger partial charge in [0.2, 0.25) is 5.91 Å². The quantitative estimate of drug-likeness (QED) is 0.821. The van der Waals surface area contributed by atoms with E-state index in [1.54, 1.807) is 0 Å². The largest absolute Gasteiger partial charge is 0.335 e. The smallest absolute Gasteiger partial charge is 0.321 e. The third-order valence-electron chi connectivity index (χ3n) is 4.07. The molecule has 22 heavy (non-hydrogen) atoms. The Kier molecular flexibility index (Phi) is 5.82. The van der Waals surface area contributed by atoms with Crippen LogP contribution in [0.25, 0.3) is 0 Å². The minimum absolute atomic E-state index is 0.139. The van der Waals surface area contributed by atoms with E-state index < -0.39 is 6.03 Å². The monoisotopic (exact) mass is 325 g/mol. The number of carbonyl (C=O) groups is 2. The molecule has 1 saturated carbocycles. The number of thioether (sulfide) groups is 1. The minimum Gasteiger partial charge on any atom is -0.335 e. The first-order chi connectivity index (χ1) is 10.5. The Labute approximate surface area is 134 Å². The van der Waals surface area contributed by atoms with Crippen molar-refractivity contribution < 1.29 is 9.59 Å². The zero-order valence-corrected chi connectivity index (χ0v) is 14.1. The summed E-state index contributed by atoms with van der Waals surface area (Å²) in [6, 6.07) is -0.242. The van der Waals surface area contributed by atoms with Crippen LogP contribution in [0.3, 0.4) is 0 Å². The average molecular weight is 325 g/mol. The van der Waals surface area contributed by atoms with E-state index in [0.29, 0.717) is 11.1 Å². The molecule has 0 saturated heterocycles. The van der Waals surface area contributed by atoms with E-state index in [1.165, 1.54) is 18.2 Å². The molecule has 0 radical (unpaired) electrons. The maximum atomic E-state index is 11.9. The number of amides is 3. The zero-order valence-electron chi connectivity index (χ0n) is 13.3. The second-order valence-electron chi connectivity index (χ2n) is 5.77. The molecular weight excluding hydrogens is 302 g/mol. The maximum Gasteiger partial charge on any atom is 0.321 e. The number of nitrogens with one attached hydrogen (secondary N) is 2. The summed E-state index contributed by atoms with van der Waals surface area (Å²) in [5.41, 5.74) is 0. The van der Waals surface area contributed by atoms with Crippen LogP contribution in [-0.4, -0.2) is 38.5 Å². The summed E-state index contributed by atoms with van der Waals surface area (Å²) in [6.07, 6.45) is 4.45. The molecule has 0 aromatic carbocycles. The second kappa shape index (κ2) is 7.62. The Balaban J connectivity index is 1.74. The molecular formula is C14H23N5O2S. The second-order valence-corrected chi connectivity index (χ2v) is 6.71. The van der Waals surface area contributed by atoms with Crippen LogP contribution in [-0.2, 0) is 11.8 Å². The number of imide groups is 1. The summed E-state index contributed by atoms with van der Waals surface area (Å²) in [5, 5.41) is 13.8. The summed E-state index contributed by atoms with van der Waals surface area (Å²) < 4.78 is 1.81. The van der Waals surface area contributed by atoms with Gasteiger partial charge in [-0.2, -0.15) is 0 Å². The van der Waals surface area contributed by atoms with Gasteiger partial charge in [-0.15, -0.1) is 10.2 Å². The van der Waals surface area contributed by atoms with Crippen molar-refractivity contribution in [1.82, 2.24) is 25.4 Å². The lowest BCUT2D eigenvalue weighted by atomic mass is 9.86. The van der Waals surface area contributed by atoms with Gasteiger partial charge in [0.05, 0.1) is 5.75 Å². The van der Waals surface area contributed by atoms with Crippen LogP contribution in [0.2, 0.25) is 0 Å². The number of hydrogen-bond acceptors (Lipinski definition) is 5. The fourth-order valence-electron chi connectivity index (χ4n) is 2.54. The molecule has 8 heteroatoms. The van der Waals surface area contributed by atoms with Gasteiger partial charge in [0, 0.05) is 13.1 Å². The van der Waals surface area contributed by atoms with Gasteiger partial charge in [0.15, 0.2) is 5.16 Å². The standard InChI is InChI=1S/C14H23N5O2S/c1-9-6-4-5-7-11(9)15-13(21)16-12(20)8-22-14-18-17-10(2)19(14)3/h9,11H,4-8H2,1-3H3,(H2,15,16,20,21)/t9-,11+/m1/s1. The predicted molar refractivity (Wildman–Crippen MR) is 84.6 cm³/mol. The van der Waals surface area contributed by atoms with Crippen molar-refractivity contribution in [3.05, 3.63) is 5.82 Å². The van der Waals surface area contributed by atoms with E-state index >= 15 is 0 Å². The third kappa shape index (κ3) is 4.46. The number of rotatable bonds is 4. The summed E-state index contributed by atoms with van der Waals surface area (Å²) in [6.45, 7) is 3.98. The van der Waals surface area contributed by atoms with E-state index in [1.807, 2.05) is 18.5 Å². The van der Waals surface area contributed by atoms with Gasteiger partial charge in [-0.25, -0.2) is 4.79 Å². The fraction of sp³-hybridized carbons (Fsp3) is 0.714. The molecule has 0 bridgehead atoms. The van der Waals surface area contributed by atoms with E-state index in [2.05, 4.69) is 27.8 Å². The first-order valence-corrected chi connectivity index (χ1v) is 8.55. The summed E-state index contributed by atoms with van der Waals surface area (Å²) >= 11 is 1.26. The highest BCUT2D eigenvalue weighted by atomic mass is 32.2. The Morgan fingerprint density at radius 3 is 2.68 bits per heavy atom. The van der Waals surface area contributed by atoms with E-state index in [4.69, 9.17) is 0 Å². The minimum atomic E-state index is -0.404. The van der Waals surface area contributed by atoms with Gasteiger partial charge in [-0.1, -0.05) is 31.5 Å². The van der Waals surface area contributed by atoms with Gasteiger partial charge in [0.25, 0.3) is 0 Å². The highest BCUT2D eigenvalue weighted by Crippen LogP contribution is 2.23. The number of nitrogens with zero attached hydrogens (tertiary/aromatic N) is 3. The lowest BCUT2D eigenvalue weighted by molar-refractivity contribution is -0.117. The lowest BCUT2D eigenvalue weighted by Gasteiger charge is -2.29. The van der Waals surface area contributed by atoms with E-state index in [0.717, 1.165) is 25.1 Å². The summed E-state index contributed by atoms with van der Waals surface area (Å²) in [5.74, 6) is 1.06. The lowest BCUT2D eigenvalue weighted by Crippen LogP contribution is -2.48. The van der Waals surface area contributed by atoms with Crippen molar-refractivity contribution in [3.8, 4) is 0 Å². The molecule has 7 nitrogen and oxygen atoms in total. The predicted octanol–water partition coefficient (Wildman–Crippen LogP) is 1.62. The van der Waals surface area contributed by atoms with Crippen molar-refractivity contribution in [2.24, 2.45) is 13.0 Å². The molecule has 1 aromatic rings. The summed E-state index contributed by atoms with van der Waals surface area (Å²) in [4.78, 5) is 23.7. The van der Waals surface area contributed by atoms with Crippen LogP contribution in [0.15, 0.2) is 5.16 Å². The Hall–Kier alpha value is -1.57. The maximum absolute atomic E-state index is 11.9. The highest BCUT2D eigenvalue weighted by Gasteiger charge is 2.23. The average Bonchev–Trinajstić information content (AvgIpc) is 2.79. The first-order valence-electron chi connectivity index (χ1n) is 7.56. The van der Waals surface area contributed by atoms with Crippen molar-refractivity contribution in [1.29, 1.82) is 0 Å². The fourth-order valence-corrected chi connectivity index (χ4v) is 3.30. The molecule has 1 heterocycles. The Morgan fingerprint density at radius 1 is 1.32 bits per heavy atom. The molecule has 122 valence electrons. The summed E-state index contributed by atoms with van der Waals surface area (Å²) in [7, 11) is 1.84. The van der Waals surface area contributed by atoms with Gasteiger partial charge >= 0.3 is 6.03 Å². The van der Waals surface area contributed by atoms with Gasteiger partial charge in [-0.05, 0) is 25.7 Å². The van der Waals surface area contributed by atoms with Crippen LogP contribution in [0.1, 0.15) is 38.4 Å². The molecule has 1 aromatic heterocycles. The van der Waals surface area contributed by atoms with Crippen LogP contribution < -0.4 is 10.6 Å². The first kappa shape index (κ1) is 16.8. The van der Waals surface area contributed by atoms with E-state index in [-0.39, 0.29) is 17.7 Å². The van der Waals surface area contributed by atoms with Crippen LogP contribution >= 0.6 is 11.8 Å². The van der Waals surface area contributed by atoms with Crippen molar-refractivity contribution in [3.63, 3.8) is 0 Å². The molecule has 0 spiro atoms. The molecule has 1 aliphatic carbocycles. The molecule has 3 amide bonds. The normalized spacial score (nSPS) is 21.4. The van der Waals surface area contributed by atoms with E-state index in [9.17, 15) is 9.59 Å². The number of aryl methyl sites for hydroxylation is 1. The zero-order chi connectivity index (χ0) is 16.1. The topological polar surface area (TPSA) is 88.9 Å². The van der Waals surface area contributed by atoms with Crippen LogP contribution in [0, 0.1) is 12.8 Å². The molecule has 1 fully saturated rings. The number of hydrogen-bond donors (Lipinski definition) is 2. The van der Waals surface area contributed by atoms with Gasteiger partial charge < -0.3 is 9.88 Å². The van der Waals surface area contributed by atoms with Crippen molar-refractivity contribution >= 4 is 23.7 Å². The molecule has 0 unspecified atom stereocenters. The van der Waals surface area contributed by atoms with Crippen LogP contribution in [0.4, 0.5) is 4.79 Å². The Morgan fingerprint density at radius 2 is 2.05 bits per heavy atom. The SMILES string of the molecule is Cc1nnc(SCC(=O)NC(=O)N[C@H]2CCCC[C@H]2C)n1C. The van der Waals surface area contributed by atoms with Crippen molar-refractivity contribution in [2.45, 2.75) is 50.7 Å². The van der Waals surface area contributed by atoms with Gasteiger partial charge in [0.1, 0.15) is 5.82 Å². The van der Waals surface area contributed by atoms with Gasteiger partial charge in [-0.3, -0.25) is 10.1 Å². The van der Waals surface area contributed by atoms with Crippen LogP contribution in [0.5, 0.6) is 0 Å².